The Bertz CT molecular complexity index is 359. The second kappa shape index (κ2) is 6.16. The number of rotatable bonds is 5. The molecule has 0 aliphatic heterocycles. The molecular weight excluding hydrogens is 214 g/mol. The molecule has 0 fully saturated rings. The minimum Gasteiger partial charge on any atom is -0.387 e. The second-order valence-corrected chi connectivity index (χ2v) is 3.30. The summed E-state index contributed by atoms with van der Waals surface area (Å²) in [6.45, 7) is -0.371. The highest BCUT2D eigenvalue weighted by atomic mass is 19.3. The number of halogens is 2. The molecule has 0 radical (unpaired) electrons. The number of alkyl halides is 2. The quantitative estimate of drug-likeness (QED) is 0.798. The van der Waals surface area contributed by atoms with Crippen LogP contribution in [0.1, 0.15) is 17.2 Å². The van der Waals surface area contributed by atoms with Crippen molar-refractivity contribution in [2.45, 2.75) is 12.5 Å². The number of hydrogen-bond acceptors (Lipinski definition) is 3. The van der Waals surface area contributed by atoms with Crippen LogP contribution >= 0.6 is 0 Å². The van der Waals surface area contributed by atoms with Crippen molar-refractivity contribution in [3.8, 4) is 6.07 Å². The van der Waals surface area contributed by atoms with E-state index in [1.807, 2.05) is 6.07 Å². The van der Waals surface area contributed by atoms with E-state index in [0.29, 0.717) is 11.1 Å². The highest BCUT2D eigenvalue weighted by Crippen LogP contribution is 2.12. The van der Waals surface area contributed by atoms with Crippen LogP contribution in [-0.4, -0.2) is 24.6 Å². The van der Waals surface area contributed by atoms with Crippen molar-refractivity contribution < 1.29 is 13.9 Å². The third-order valence-corrected chi connectivity index (χ3v) is 2.06. The normalized spacial score (nSPS) is 12.4. The standard InChI is InChI=1S/C11H12F2N2O/c12-11(13)7-15-6-10(16)9-3-1-8(5-14)2-4-9/h1-4,10-11,15-16H,6-7H2. The van der Waals surface area contributed by atoms with Crippen molar-refractivity contribution >= 4 is 0 Å². The molecule has 0 saturated heterocycles. The van der Waals surface area contributed by atoms with E-state index in [1.165, 1.54) is 0 Å². The van der Waals surface area contributed by atoms with Gasteiger partial charge in [0.25, 0.3) is 6.43 Å². The Morgan fingerprint density at radius 2 is 1.88 bits per heavy atom. The fourth-order valence-electron chi connectivity index (χ4n) is 1.23. The summed E-state index contributed by atoms with van der Waals surface area (Å²) in [5, 5.41) is 20.6. The van der Waals surface area contributed by atoms with Crippen molar-refractivity contribution in [3.63, 3.8) is 0 Å². The fourth-order valence-corrected chi connectivity index (χ4v) is 1.23. The zero-order valence-electron chi connectivity index (χ0n) is 8.53. The molecule has 86 valence electrons. The lowest BCUT2D eigenvalue weighted by molar-refractivity contribution is 0.129. The summed E-state index contributed by atoms with van der Waals surface area (Å²) in [6, 6.07) is 8.31. The molecule has 16 heavy (non-hydrogen) atoms. The lowest BCUT2D eigenvalue weighted by Crippen LogP contribution is -2.26. The van der Waals surface area contributed by atoms with Gasteiger partial charge in [0.1, 0.15) is 0 Å². The molecule has 0 amide bonds. The molecule has 0 bridgehead atoms. The van der Waals surface area contributed by atoms with Crippen LogP contribution in [0.2, 0.25) is 0 Å². The molecule has 0 aliphatic rings. The van der Waals surface area contributed by atoms with Gasteiger partial charge in [0, 0.05) is 6.54 Å². The number of nitrogens with zero attached hydrogens (tertiary/aromatic N) is 1. The predicted molar refractivity (Wildman–Crippen MR) is 55.0 cm³/mol. The van der Waals surface area contributed by atoms with Gasteiger partial charge >= 0.3 is 0 Å². The molecule has 3 nitrogen and oxygen atoms in total. The maximum Gasteiger partial charge on any atom is 0.250 e. The van der Waals surface area contributed by atoms with Gasteiger partial charge in [-0.1, -0.05) is 12.1 Å². The summed E-state index contributed by atoms with van der Waals surface area (Å²) in [7, 11) is 0. The largest absolute Gasteiger partial charge is 0.387 e. The number of nitriles is 1. The first-order chi connectivity index (χ1) is 7.63. The van der Waals surface area contributed by atoms with Gasteiger partial charge < -0.3 is 10.4 Å². The molecule has 5 heteroatoms. The van der Waals surface area contributed by atoms with Gasteiger partial charge in [0.05, 0.1) is 24.3 Å². The second-order valence-electron chi connectivity index (χ2n) is 3.30. The summed E-state index contributed by atoms with van der Waals surface area (Å²) in [5.41, 5.74) is 1.09. The molecule has 1 aromatic carbocycles. The smallest absolute Gasteiger partial charge is 0.250 e. The van der Waals surface area contributed by atoms with Crippen LogP contribution in [0.4, 0.5) is 8.78 Å². The van der Waals surface area contributed by atoms with E-state index in [4.69, 9.17) is 5.26 Å². The molecular formula is C11H12F2N2O. The van der Waals surface area contributed by atoms with Crippen LogP contribution in [0.25, 0.3) is 0 Å². The van der Waals surface area contributed by atoms with E-state index in [-0.39, 0.29) is 6.54 Å². The van der Waals surface area contributed by atoms with Gasteiger partial charge in [-0.05, 0) is 17.7 Å². The average Bonchev–Trinajstić information content (AvgIpc) is 2.28. The van der Waals surface area contributed by atoms with Gasteiger partial charge in [0.2, 0.25) is 0 Å². The van der Waals surface area contributed by atoms with Gasteiger partial charge in [-0.25, -0.2) is 8.78 Å². The topological polar surface area (TPSA) is 56.0 Å². The molecule has 1 rings (SSSR count). The van der Waals surface area contributed by atoms with Crippen molar-refractivity contribution in [1.82, 2.24) is 5.32 Å². The highest BCUT2D eigenvalue weighted by Gasteiger charge is 2.08. The van der Waals surface area contributed by atoms with Crippen LogP contribution in [0.15, 0.2) is 24.3 Å². The fraction of sp³-hybridized carbons (Fsp3) is 0.364. The first-order valence-electron chi connectivity index (χ1n) is 4.80. The van der Waals surface area contributed by atoms with E-state index in [0.717, 1.165) is 0 Å². The predicted octanol–water partition coefficient (Wildman–Crippen LogP) is 1.45. The number of hydrogen-bond donors (Lipinski definition) is 2. The number of benzene rings is 1. The van der Waals surface area contributed by atoms with Crippen LogP contribution < -0.4 is 5.32 Å². The minimum absolute atomic E-state index is 0.0657. The average molecular weight is 226 g/mol. The Balaban J connectivity index is 2.47. The maximum atomic E-state index is 11.8. The molecule has 0 aliphatic carbocycles. The van der Waals surface area contributed by atoms with E-state index in [2.05, 4.69) is 5.32 Å². The maximum absolute atomic E-state index is 11.8. The lowest BCUT2D eigenvalue weighted by atomic mass is 10.1. The van der Waals surface area contributed by atoms with Crippen LogP contribution in [0.3, 0.4) is 0 Å². The SMILES string of the molecule is N#Cc1ccc(C(O)CNCC(F)F)cc1. The molecule has 1 atom stereocenters. The summed E-state index contributed by atoms with van der Waals surface area (Å²) in [5.74, 6) is 0. The van der Waals surface area contributed by atoms with E-state index in [9.17, 15) is 13.9 Å². The van der Waals surface area contributed by atoms with Crippen molar-refractivity contribution in [3.05, 3.63) is 35.4 Å². The Morgan fingerprint density at radius 3 is 2.38 bits per heavy atom. The number of aliphatic hydroxyl groups is 1. The van der Waals surface area contributed by atoms with Crippen molar-refractivity contribution in [2.24, 2.45) is 0 Å². The van der Waals surface area contributed by atoms with E-state index >= 15 is 0 Å². The lowest BCUT2D eigenvalue weighted by Gasteiger charge is -2.11. The Kier molecular flexibility index (Phi) is 4.83. The number of aliphatic hydroxyl groups excluding tert-OH is 1. The summed E-state index contributed by atoms with van der Waals surface area (Å²) in [4.78, 5) is 0. The van der Waals surface area contributed by atoms with Crippen LogP contribution in [0, 0.1) is 11.3 Å². The summed E-state index contributed by atoms with van der Waals surface area (Å²) >= 11 is 0. The number of nitrogens with one attached hydrogen (secondary N) is 1. The molecule has 0 saturated carbocycles. The van der Waals surface area contributed by atoms with Crippen LogP contribution in [0.5, 0.6) is 0 Å². The van der Waals surface area contributed by atoms with Gasteiger partial charge in [0.15, 0.2) is 0 Å². The van der Waals surface area contributed by atoms with E-state index in [1.54, 1.807) is 24.3 Å². The first-order valence-corrected chi connectivity index (χ1v) is 4.80. The first kappa shape index (κ1) is 12.6. The van der Waals surface area contributed by atoms with Gasteiger partial charge in [-0.3, -0.25) is 0 Å². The third kappa shape index (κ3) is 3.93. The monoisotopic (exact) mass is 226 g/mol. The summed E-state index contributed by atoms with van der Waals surface area (Å²) in [6.07, 6.45) is -3.26. The molecule has 0 spiro atoms. The molecule has 1 aromatic rings. The zero-order chi connectivity index (χ0) is 12.0. The Morgan fingerprint density at radius 1 is 1.25 bits per heavy atom. The Hall–Kier alpha value is -1.51. The Labute approximate surface area is 92.3 Å². The summed E-state index contributed by atoms with van der Waals surface area (Å²) < 4.78 is 23.6. The molecule has 1 unspecified atom stereocenters. The van der Waals surface area contributed by atoms with Gasteiger partial charge in [-0.15, -0.1) is 0 Å². The molecule has 0 aromatic heterocycles. The minimum atomic E-state index is -2.42. The van der Waals surface area contributed by atoms with Crippen molar-refractivity contribution in [2.75, 3.05) is 13.1 Å². The van der Waals surface area contributed by atoms with E-state index < -0.39 is 19.1 Å². The van der Waals surface area contributed by atoms with Gasteiger partial charge in [-0.2, -0.15) is 5.26 Å². The third-order valence-electron chi connectivity index (χ3n) is 2.06. The zero-order valence-corrected chi connectivity index (χ0v) is 8.53. The highest BCUT2D eigenvalue weighted by molar-refractivity contribution is 5.32. The van der Waals surface area contributed by atoms with Crippen molar-refractivity contribution in [1.29, 1.82) is 5.26 Å². The molecule has 2 N–H and O–H groups in total. The molecule has 0 heterocycles. The van der Waals surface area contributed by atoms with Crippen LogP contribution in [-0.2, 0) is 0 Å².